The lowest BCUT2D eigenvalue weighted by atomic mass is 9.98. The van der Waals surface area contributed by atoms with Gasteiger partial charge in [0.25, 0.3) is 0 Å². The first-order chi connectivity index (χ1) is 7.20. The van der Waals surface area contributed by atoms with Gasteiger partial charge in [0.05, 0.1) is 0 Å². The minimum Gasteiger partial charge on any atom is -0.314 e. The first kappa shape index (κ1) is 11.4. The van der Waals surface area contributed by atoms with Crippen molar-refractivity contribution in [1.82, 2.24) is 10.2 Å². The van der Waals surface area contributed by atoms with Crippen LogP contribution in [0.15, 0.2) is 0 Å². The van der Waals surface area contributed by atoms with Crippen LogP contribution in [0.1, 0.15) is 40.0 Å². The topological polar surface area (TPSA) is 15.3 Å². The molecule has 2 fully saturated rings. The lowest BCUT2D eigenvalue weighted by Gasteiger charge is -2.38. The van der Waals surface area contributed by atoms with Crippen LogP contribution in [0.25, 0.3) is 0 Å². The number of hydrogen-bond acceptors (Lipinski definition) is 2. The number of hydrogen-bond donors (Lipinski definition) is 1. The molecule has 1 N–H and O–H groups in total. The van der Waals surface area contributed by atoms with Crippen LogP contribution in [-0.2, 0) is 0 Å². The molecule has 15 heavy (non-hydrogen) atoms. The van der Waals surface area contributed by atoms with E-state index in [-0.39, 0.29) is 0 Å². The molecule has 0 amide bonds. The van der Waals surface area contributed by atoms with Crippen LogP contribution in [0.5, 0.6) is 0 Å². The Morgan fingerprint density at radius 1 is 1.27 bits per heavy atom. The average molecular weight is 210 g/mol. The molecule has 2 aliphatic rings. The fraction of sp³-hybridized carbons (Fsp3) is 1.00. The summed E-state index contributed by atoms with van der Waals surface area (Å²) < 4.78 is 0. The predicted octanol–water partition coefficient (Wildman–Crippen LogP) is 2.10. The molecule has 0 aromatic heterocycles. The molecule has 0 aromatic carbocycles. The lowest BCUT2D eigenvalue weighted by molar-refractivity contribution is 0.129. The summed E-state index contributed by atoms with van der Waals surface area (Å²) in [4.78, 5) is 2.71. The van der Waals surface area contributed by atoms with Crippen molar-refractivity contribution in [2.45, 2.75) is 52.1 Å². The molecule has 2 nitrogen and oxygen atoms in total. The van der Waals surface area contributed by atoms with Gasteiger partial charge in [0.1, 0.15) is 0 Å². The minimum absolute atomic E-state index is 0.776. The third-order valence-electron chi connectivity index (χ3n) is 4.25. The second-order valence-electron chi connectivity index (χ2n) is 5.60. The molecule has 0 radical (unpaired) electrons. The summed E-state index contributed by atoms with van der Waals surface area (Å²) in [5.41, 5.74) is 0. The molecule has 0 spiro atoms. The average Bonchev–Trinajstić information content (AvgIpc) is 2.87. The zero-order valence-corrected chi connectivity index (χ0v) is 10.5. The van der Waals surface area contributed by atoms with Crippen molar-refractivity contribution >= 4 is 0 Å². The van der Waals surface area contributed by atoms with Crippen LogP contribution >= 0.6 is 0 Å². The molecule has 2 heteroatoms. The van der Waals surface area contributed by atoms with Gasteiger partial charge >= 0.3 is 0 Å². The maximum Gasteiger partial charge on any atom is 0.00939 e. The Morgan fingerprint density at radius 2 is 2.00 bits per heavy atom. The Labute approximate surface area is 94.4 Å². The second kappa shape index (κ2) is 4.84. The summed E-state index contributed by atoms with van der Waals surface area (Å²) in [5, 5.41) is 3.59. The highest BCUT2D eigenvalue weighted by atomic mass is 15.2. The van der Waals surface area contributed by atoms with E-state index in [4.69, 9.17) is 0 Å². The minimum atomic E-state index is 0.776. The van der Waals surface area contributed by atoms with Gasteiger partial charge in [0.15, 0.2) is 0 Å². The Balaban J connectivity index is 1.74. The standard InChI is InChI=1S/C13H26N2/c1-4-14-13-5-6-15(11(3)8-13)9-12-7-10(12)2/h10-14H,4-9H2,1-3H3. The fourth-order valence-corrected chi connectivity index (χ4v) is 2.92. The van der Waals surface area contributed by atoms with E-state index in [2.05, 4.69) is 31.0 Å². The fourth-order valence-electron chi connectivity index (χ4n) is 2.92. The number of likely N-dealkylation sites (tertiary alicyclic amines) is 1. The highest BCUT2D eigenvalue weighted by molar-refractivity contribution is 4.89. The third-order valence-corrected chi connectivity index (χ3v) is 4.25. The molecule has 2 rings (SSSR count). The first-order valence-electron chi connectivity index (χ1n) is 6.68. The van der Waals surface area contributed by atoms with E-state index >= 15 is 0 Å². The highest BCUT2D eigenvalue weighted by Crippen LogP contribution is 2.39. The van der Waals surface area contributed by atoms with Gasteiger partial charge in [0, 0.05) is 18.6 Å². The Bertz CT molecular complexity index is 205. The summed E-state index contributed by atoms with van der Waals surface area (Å²) in [6.45, 7) is 10.8. The number of nitrogens with one attached hydrogen (secondary N) is 1. The SMILES string of the molecule is CCNC1CCN(CC2CC2C)C(C)C1. The van der Waals surface area contributed by atoms with Crippen LogP contribution < -0.4 is 5.32 Å². The van der Waals surface area contributed by atoms with Gasteiger partial charge in [-0.05, 0) is 51.1 Å². The van der Waals surface area contributed by atoms with Gasteiger partial charge in [-0.15, -0.1) is 0 Å². The number of rotatable bonds is 4. The van der Waals surface area contributed by atoms with Gasteiger partial charge in [-0.3, -0.25) is 0 Å². The molecule has 1 aliphatic heterocycles. The van der Waals surface area contributed by atoms with Crippen molar-refractivity contribution in [3.8, 4) is 0 Å². The van der Waals surface area contributed by atoms with Gasteiger partial charge in [-0.2, -0.15) is 0 Å². The van der Waals surface area contributed by atoms with E-state index in [0.717, 1.165) is 30.5 Å². The summed E-state index contributed by atoms with van der Waals surface area (Å²) in [6.07, 6.45) is 4.16. The molecule has 88 valence electrons. The van der Waals surface area contributed by atoms with Crippen LogP contribution in [0.2, 0.25) is 0 Å². The van der Waals surface area contributed by atoms with Crippen LogP contribution in [0, 0.1) is 11.8 Å². The van der Waals surface area contributed by atoms with Crippen molar-refractivity contribution in [3.63, 3.8) is 0 Å². The normalized spacial score (nSPS) is 41.8. The summed E-state index contributed by atoms with van der Waals surface area (Å²) in [5.74, 6) is 2.02. The maximum absolute atomic E-state index is 3.59. The van der Waals surface area contributed by atoms with Crippen molar-refractivity contribution < 1.29 is 0 Å². The molecular formula is C13H26N2. The zero-order chi connectivity index (χ0) is 10.8. The van der Waals surface area contributed by atoms with Gasteiger partial charge in [-0.25, -0.2) is 0 Å². The highest BCUT2D eigenvalue weighted by Gasteiger charge is 2.36. The van der Waals surface area contributed by atoms with Gasteiger partial charge < -0.3 is 10.2 Å². The second-order valence-corrected chi connectivity index (χ2v) is 5.60. The third kappa shape index (κ3) is 2.94. The Hall–Kier alpha value is -0.0800. The first-order valence-corrected chi connectivity index (χ1v) is 6.68. The van der Waals surface area contributed by atoms with E-state index < -0.39 is 0 Å². The van der Waals surface area contributed by atoms with E-state index in [9.17, 15) is 0 Å². The van der Waals surface area contributed by atoms with Crippen molar-refractivity contribution in [3.05, 3.63) is 0 Å². The van der Waals surface area contributed by atoms with E-state index in [1.54, 1.807) is 0 Å². The van der Waals surface area contributed by atoms with Crippen molar-refractivity contribution in [2.75, 3.05) is 19.6 Å². The van der Waals surface area contributed by atoms with Crippen molar-refractivity contribution in [2.24, 2.45) is 11.8 Å². The molecule has 1 heterocycles. The molecule has 4 atom stereocenters. The maximum atomic E-state index is 3.59. The smallest absolute Gasteiger partial charge is 0.00939 e. The molecular weight excluding hydrogens is 184 g/mol. The molecule has 1 aliphatic carbocycles. The molecule has 0 aromatic rings. The molecule has 4 unspecified atom stereocenters. The van der Waals surface area contributed by atoms with Gasteiger partial charge in [-0.1, -0.05) is 13.8 Å². The zero-order valence-electron chi connectivity index (χ0n) is 10.5. The van der Waals surface area contributed by atoms with Crippen LogP contribution in [-0.4, -0.2) is 36.6 Å². The van der Waals surface area contributed by atoms with Crippen LogP contribution in [0.3, 0.4) is 0 Å². The summed E-state index contributed by atoms with van der Waals surface area (Å²) >= 11 is 0. The molecule has 1 saturated heterocycles. The van der Waals surface area contributed by atoms with Gasteiger partial charge in [0.2, 0.25) is 0 Å². The van der Waals surface area contributed by atoms with E-state index in [1.807, 2.05) is 0 Å². The Kier molecular flexibility index (Phi) is 3.68. The number of nitrogens with zero attached hydrogens (tertiary/aromatic N) is 1. The number of piperidine rings is 1. The summed E-state index contributed by atoms with van der Waals surface area (Å²) in [7, 11) is 0. The predicted molar refractivity (Wildman–Crippen MR) is 65.0 cm³/mol. The molecule has 1 saturated carbocycles. The largest absolute Gasteiger partial charge is 0.314 e. The van der Waals surface area contributed by atoms with E-state index in [0.29, 0.717) is 0 Å². The lowest BCUT2D eigenvalue weighted by Crippen LogP contribution is -2.48. The Morgan fingerprint density at radius 3 is 2.53 bits per heavy atom. The van der Waals surface area contributed by atoms with Crippen molar-refractivity contribution in [1.29, 1.82) is 0 Å². The summed E-state index contributed by atoms with van der Waals surface area (Å²) in [6, 6.07) is 1.56. The van der Waals surface area contributed by atoms with Crippen LogP contribution in [0.4, 0.5) is 0 Å². The quantitative estimate of drug-likeness (QED) is 0.764. The van der Waals surface area contributed by atoms with E-state index in [1.165, 1.54) is 32.4 Å². The monoisotopic (exact) mass is 210 g/mol. The molecule has 0 bridgehead atoms.